The van der Waals surface area contributed by atoms with E-state index >= 15 is 0 Å². The van der Waals surface area contributed by atoms with E-state index in [0.29, 0.717) is 17.3 Å². The number of halogens is 1. The van der Waals surface area contributed by atoms with Crippen LogP contribution in [0.5, 0.6) is 0 Å². The third-order valence-electron chi connectivity index (χ3n) is 1.52. The van der Waals surface area contributed by atoms with E-state index in [1.165, 1.54) is 6.08 Å². The van der Waals surface area contributed by atoms with Gasteiger partial charge >= 0.3 is 0 Å². The molecule has 0 heterocycles. The zero-order valence-electron chi connectivity index (χ0n) is 7.53. The normalized spacial score (nSPS) is 10.4. The minimum atomic E-state index is -0.197. The molecule has 0 spiro atoms. The number of benzene rings is 1. The number of amides is 1. The first-order valence-corrected chi connectivity index (χ1v) is 4.53. The third kappa shape index (κ3) is 3.60. The number of carbonyl (C=O) groups excluding carboxylic acids is 1. The molecule has 0 aliphatic heterocycles. The molecule has 0 atom stereocenters. The van der Waals surface area contributed by atoms with Gasteiger partial charge in [-0.05, 0) is 24.3 Å². The van der Waals surface area contributed by atoms with E-state index in [0.717, 1.165) is 0 Å². The largest absolute Gasteiger partial charge is 0.327 e. The average Bonchev–Trinajstić information content (AvgIpc) is 2.18. The fourth-order valence-electron chi connectivity index (χ4n) is 0.892. The van der Waals surface area contributed by atoms with Crippen molar-refractivity contribution in [3.8, 4) is 0 Å². The standard InChI is InChI=1S/C10H11ClN2O/c11-8-3-5-9(6-4-8)13-10(14)2-1-7-12/h1-6H,7,12H2,(H,13,14)/b2-1+. The Balaban J connectivity index is 2.56. The first-order valence-electron chi connectivity index (χ1n) is 4.15. The first-order chi connectivity index (χ1) is 6.72. The molecule has 1 rings (SSSR count). The minimum absolute atomic E-state index is 0.197. The van der Waals surface area contributed by atoms with Crippen molar-refractivity contribution in [1.29, 1.82) is 0 Å². The minimum Gasteiger partial charge on any atom is -0.327 e. The summed E-state index contributed by atoms with van der Waals surface area (Å²) in [7, 11) is 0. The number of hydrogen-bond acceptors (Lipinski definition) is 2. The molecular formula is C10H11ClN2O. The average molecular weight is 211 g/mol. The van der Waals surface area contributed by atoms with Gasteiger partial charge in [0.2, 0.25) is 5.91 Å². The summed E-state index contributed by atoms with van der Waals surface area (Å²) in [5.41, 5.74) is 5.92. The van der Waals surface area contributed by atoms with Gasteiger partial charge < -0.3 is 11.1 Å². The topological polar surface area (TPSA) is 55.1 Å². The molecule has 0 aliphatic carbocycles. The second-order valence-corrected chi connectivity index (χ2v) is 3.07. The van der Waals surface area contributed by atoms with E-state index in [1.807, 2.05) is 0 Å². The first kappa shape index (κ1) is 10.8. The fourth-order valence-corrected chi connectivity index (χ4v) is 1.02. The molecule has 4 heteroatoms. The quantitative estimate of drug-likeness (QED) is 0.748. The lowest BCUT2D eigenvalue weighted by atomic mass is 10.3. The Labute approximate surface area is 87.6 Å². The van der Waals surface area contributed by atoms with E-state index in [9.17, 15) is 4.79 Å². The van der Waals surface area contributed by atoms with Gasteiger partial charge in [-0.25, -0.2) is 0 Å². The lowest BCUT2D eigenvalue weighted by Crippen LogP contribution is -2.08. The summed E-state index contributed by atoms with van der Waals surface area (Å²) in [5, 5.41) is 3.30. The van der Waals surface area contributed by atoms with Crippen LogP contribution in [0.15, 0.2) is 36.4 Å². The lowest BCUT2D eigenvalue weighted by molar-refractivity contribution is -0.111. The molecule has 0 saturated carbocycles. The van der Waals surface area contributed by atoms with Crippen molar-refractivity contribution in [1.82, 2.24) is 0 Å². The van der Waals surface area contributed by atoms with Gasteiger partial charge in [-0.15, -0.1) is 0 Å². The van der Waals surface area contributed by atoms with Gasteiger partial charge in [-0.3, -0.25) is 4.79 Å². The van der Waals surface area contributed by atoms with Gasteiger partial charge in [-0.2, -0.15) is 0 Å². The maximum absolute atomic E-state index is 11.2. The predicted octanol–water partition coefficient (Wildman–Crippen LogP) is 1.79. The highest BCUT2D eigenvalue weighted by atomic mass is 35.5. The van der Waals surface area contributed by atoms with Gasteiger partial charge in [0.1, 0.15) is 0 Å². The second kappa shape index (κ2) is 5.42. The molecule has 0 bridgehead atoms. The van der Waals surface area contributed by atoms with Crippen LogP contribution in [0, 0.1) is 0 Å². The van der Waals surface area contributed by atoms with Gasteiger partial charge in [0.25, 0.3) is 0 Å². The molecule has 0 radical (unpaired) electrons. The molecule has 3 nitrogen and oxygen atoms in total. The van der Waals surface area contributed by atoms with Crippen LogP contribution in [0.1, 0.15) is 0 Å². The summed E-state index contributed by atoms with van der Waals surface area (Å²) in [4.78, 5) is 11.2. The van der Waals surface area contributed by atoms with E-state index in [-0.39, 0.29) is 5.91 Å². The van der Waals surface area contributed by atoms with Crippen LogP contribution >= 0.6 is 11.6 Å². The summed E-state index contributed by atoms with van der Waals surface area (Å²) in [6.45, 7) is 0.355. The van der Waals surface area contributed by atoms with Crippen molar-refractivity contribution in [2.75, 3.05) is 11.9 Å². The lowest BCUT2D eigenvalue weighted by Gasteiger charge is -2.00. The zero-order valence-corrected chi connectivity index (χ0v) is 8.29. The summed E-state index contributed by atoms with van der Waals surface area (Å²) in [6.07, 6.45) is 2.99. The monoisotopic (exact) mass is 210 g/mol. The van der Waals surface area contributed by atoms with E-state index in [4.69, 9.17) is 17.3 Å². The molecule has 0 saturated heterocycles. The van der Waals surface area contributed by atoms with E-state index in [2.05, 4.69) is 5.32 Å². The van der Waals surface area contributed by atoms with Crippen LogP contribution < -0.4 is 11.1 Å². The zero-order chi connectivity index (χ0) is 10.4. The highest BCUT2D eigenvalue weighted by Gasteiger charge is 1.96. The van der Waals surface area contributed by atoms with Crippen LogP contribution in [0.25, 0.3) is 0 Å². The molecule has 0 unspecified atom stereocenters. The summed E-state index contributed by atoms with van der Waals surface area (Å²) in [6, 6.07) is 6.89. The number of nitrogens with one attached hydrogen (secondary N) is 1. The van der Waals surface area contributed by atoms with Gasteiger partial charge in [0.05, 0.1) is 0 Å². The predicted molar refractivity (Wildman–Crippen MR) is 58.3 cm³/mol. The Morgan fingerprint density at radius 2 is 2.07 bits per heavy atom. The molecule has 1 amide bonds. The number of anilines is 1. The number of rotatable bonds is 3. The molecule has 3 N–H and O–H groups in total. The Hall–Kier alpha value is -1.32. The van der Waals surface area contributed by atoms with Gasteiger partial charge in [0.15, 0.2) is 0 Å². The van der Waals surface area contributed by atoms with Crippen molar-refractivity contribution >= 4 is 23.2 Å². The Kier molecular flexibility index (Phi) is 4.16. The maximum Gasteiger partial charge on any atom is 0.248 e. The Morgan fingerprint density at radius 3 is 2.64 bits per heavy atom. The van der Waals surface area contributed by atoms with Crippen LogP contribution in [0.3, 0.4) is 0 Å². The Bertz CT molecular complexity index is 332. The second-order valence-electron chi connectivity index (χ2n) is 2.63. The van der Waals surface area contributed by atoms with Crippen LogP contribution in [-0.2, 0) is 4.79 Å². The van der Waals surface area contributed by atoms with E-state index in [1.54, 1.807) is 30.3 Å². The smallest absolute Gasteiger partial charge is 0.248 e. The molecule has 1 aromatic rings. The summed E-state index contributed by atoms with van der Waals surface area (Å²) in [5.74, 6) is -0.197. The molecule has 0 fully saturated rings. The van der Waals surface area contributed by atoms with Crippen molar-refractivity contribution in [3.05, 3.63) is 41.4 Å². The highest BCUT2D eigenvalue weighted by molar-refractivity contribution is 6.30. The highest BCUT2D eigenvalue weighted by Crippen LogP contribution is 2.13. The third-order valence-corrected chi connectivity index (χ3v) is 1.77. The van der Waals surface area contributed by atoms with Crippen LogP contribution in [0.2, 0.25) is 5.02 Å². The number of carbonyl (C=O) groups is 1. The van der Waals surface area contributed by atoms with Crippen molar-refractivity contribution in [2.45, 2.75) is 0 Å². The van der Waals surface area contributed by atoms with Crippen LogP contribution in [0.4, 0.5) is 5.69 Å². The molecule has 1 aromatic carbocycles. The Morgan fingerprint density at radius 1 is 1.43 bits per heavy atom. The molecule has 0 aliphatic rings. The summed E-state index contributed by atoms with van der Waals surface area (Å²) < 4.78 is 0. The van der Waals surface area contributed by atoms with Crippen molar-refractivity contribution in [3.63, 3.8) is 0 Å². The molecule has 0 aromatic heterocycles. The van der Waals surface area contributed by atoms with Gasteiger partial charge in [-0.1, -0.05) is 17.7 Å². The number of nitrogens with two attached hydrogens (primary N) is 1. The van der Waals surface area contributed by atoms with Crippen molar-refractivity contribution < 1.29 is 4.79 Å². The molecule has 14 heavy (non-hydrogen) atoms. The number of hydrogen-bond donors (Lipinski definition) is 2. The SMILES string of the molecule is NC/C=C/C(=O)Nc1ccc(Cl)cc1. The molecular weight excluding hydrogens is 200 g/mol. The van der Waals surface area contributed by atoms with Crippen LogP contribution in [-0.4, -0.2) is 12.5 Å². The fraction of sp³-hybridized carbons (Fsp3) is 0.100. The van der Waals surface area contributed by atoms with Crippen molar-refractivity contribution in [2.24, 2.45) is 5.73 Å². The van der Waals surface area contributed by atoms with Gasteiger partial charge in [0, 0.05) is 23.3 Å². The summed E-state index contributed by atoms with van der Waals surface area (Å²) >= 11 is 5.69. The van der Waals surface area contributed by atoms with E-state index < -0.39 is 0 Å². The maximum atomic E-state index is 11.2. The molecule has 74 valence electrons.